The van der Waals surface area contributed by atoms with Gasteiger partial charge in [0.15, 0.2) is 5.82 Å². The van der Waals surface area contributed by atoms with Crippen molar-refractivity contribution in [2.24, 2.45) is 0 Å². The highest BCUT2D eigenvalue weighted by Gasteiger charge is 2.04. The number of nitrogens with one attached hydrogen (secondary N) is 2. The number of imidazole rings is 1. The van der Waals surface area contributed by atoms with Crippen LogP contribution in [0, 0.1) is 0 Å². The Hall–Kier alpha value is -2.30. The van der Waals surface area contributed by atoms with Gasteiger partial charge in [0.05, 0.1) is 23.7 Å². The summed E-state index contributed by atoms with van der Waals surface area (Å²) in [6.45, 7) is 0. The van der Waals surface area contributed by atoms with E-state index in [-0.39, 0.29) is 0 Å². The highest BCUT2D eigenvalue weighted by atomic mass is 15.1. The van der Waals surface area contributed by atoms with Crippen LogP contribution in [0.5, 0.6) is 0 Å². The number of aromatic nitrogens is 4. The number of nitrogens with two attached hydrogens (primary N) is 1. The Morgan fingerprint density at radius 1 is 1.27 bits per heavy atom. The summed E-state index contributed by atoms with van der Waals surface area (Å²) in [4.78, 5) is 7.03. The van der Waals surface area contributed by atoms with Crippen molar-refractivity contribution >= 4 is 16.7 Å². The molecule has 0 bridgehead atoms. The maximum absolute atomic E-state index is 5.68. The molecule has 4 N–H and O–H groups in total. The minimum Gasteiger partial charge on any atom is -0.382 e. The first-order valence-corrected chi connectivity index (χ1v) is 4.57. The van der Waals surface area contributed by atoms with Crippen molar-refractivity contribution < 1.29 is 0 Å². The summed E-state index contributed by atoms with van der Waals surface area (Å²) in [6, 6.07) is 5.93. The molecule has 0 saturated carbocycles. The van der Waals surface area contributed by atoms with Crippen LogP contribution < -0.4 is 5.73 Å². The second-order valence-electron chi connectivity index (χ2n) is 3.33. The monoisotopic (exact) mass is 199 g/mol. The third kappa shape index (κ3) is 1.17. The largest absolute Gasteiger partial charge is 0.382 e. The van der Waals surface area contributed by atoms with Gasteiger partial charge < -0.3 is 10.7 Å². The molecule has 0 radical (unpaired) electrons. The molecule has 1 aromatic carbocycles. The van der Waals surface area contributed by atoms with Crippen molar-refractivity contribution in [2.45, 2.75) is 0 Å². The molecule has 0 amide bonds. The Balaban J connectivity index is 2.23. The lowest BCUT2D eigenvalue weighted by molar-refractivity contribution is 1.13. The van der Waals surface area contributed by atoms with Gasteiger partial charge >= 0.3 is 0 Å². The van der Waals surface area contributed by atoms with Gasteiger partial charge in [-0.15, -0.1) is 0 Å². The Morgan fingerprint density at radius 2 is 2.20 bits per heavy atom. The predicted octanol–water partition coefficient (Wildman–Crippen LogP) is 1.54. The molecule has 0 spiro atoms. The lowest BCUT2D eigenvalue weighted by Crippen LogP contribution is -1.83. The van der Waals surface area contributed by atoms with Gasteiger partial charge in [-0.2, -0.15) is 5.10 Å². The first-order chi connectivity index (χ1) is 7.34. The molecule has 0 fully saturated rings. The van der Waals surface area contributed by atoms with Crippen LogP contribution in [-0.4, -0.2) is 20.2 Å². The fraction of sp³-hybridized carbons (Fsp3) is 0. The molecule has 2 heterocycles. The van der Waals surface area contributed by atoms with Crippen molar-refractivity contribution in [3.05, 3.63) is 30.7 Å². The molecule has 15 heavy (non-hydrogen) atoms. The van der Waals surface area contributed by atoms with Crippen LogP contribution in [-0.2, 0) is 0 Å². The van der Waals surface area contributed by atoms with Crippen LogP contribution in [0.4, 0.5) is 5.82 Å². The van der Waals surface area contributed by atoms with Gasteiger partial charge in [-0.1, -0.05) is 6.07 Å². The number of aromatic amines is 2. The summed E-state index contributed by atoms with van der Waals surface area (Å²) in [5.74, 6) is 0.529. The summed E-state index contributed by atoms with van der Waals surface area (Å²) in [5, 5.41) is 7.77. The van der Waals surface area contributed by atoms with E-state index in [4.69, 9.17) is 5.73 Å². The zero-order valence-electron chi connectivity index (χ0n) is 7.86. The van der Waals surface area contributed by atoms with Crippen molar-refractivity contribution in [2.75, 3.05) is 5.73 Å². The van der Waals surface area contributed by atoms with Crippen LogP contribution in [0.3, 0.4) is 0 Å². The van der Waals surface area contributed by atoms with Gasteiger partial charge in [0.2, 0.25) is 0 Å². The summed E-state index contributed by atoms with van der Waals surface area (Å²) < 4.78 is 0. The standard InChI is InChI=1S/C10H9N5/c11-10-7-2-1-6(3-8(7)14-15-10)9-4-12-5-13-9/h1-5H,(H,12,13)(H3,11,14,15). The van der Waals surface area contributed by atoms with Crippen LogP contribution in [0.25, 0.3) is 22.2 Å². The van der Waals surface area contributed by atoms with Crippen molar-refractivity contribution in [3.8, 4) is 11.3 Å². The molecule has 3 aromatic rings. The van der Waals surface area contributed by atoms with E-state index in [1.807, 2.05) is 18.2 Å². The van der Waals surface area contributed by atoms with Crippen LogP contribution in [0.2, 0.25) is 0 Å². The quantitative estimate of drug-likeness (QED) is 0.555. The van der Waals surface area contributed by atoms with E-state index >= 15 is 0 Å². The molecule has 5 nitrogen and oxygen atoms in total. The van der Waals surface area contributed by atoms with E-state index in [1.165, 1.54) is 0 Å². The SMILES string of the molecule is Nc1n[nH]c2cc(-c3cnc[nH]3)ccc12. The molecule has 0 aliphatic heterocycles. The highest BCUT2D eigenvalue weighted by molar-refractivity contribution is 5.91. The number of benzene rings is 1. The van der Waals surface area contributed by atoms with Gasteiger partial charge in [0.25, 0.3) is 0 Å². The zero-order valence-corrected chi connectivity index (χ0v) is 7.86. The van der Waals surface area contributed by atoms with Crippen LogP contribution in [0.1, 0.15) is 0 Å². The van der Waals surface area contributed by atoms with E-state index < -0.39 is 0 Å². The Bertz CT molecular complexity index is 593. The fourth-order valence-electron chi connectivity index (χ4n) is 1.62. The van der Waals surface area contributed by atoms with Gasteiger partial charge in [-0.05, 0) is 12.1 Å². The molecule has 74 valence electrons. The number of anilines is 1. The minimum atomic E-state index is 0.529. The maximum Gasteiger partial charge on any atom is 0.153 e. The first kappa shape index (κ1) is 8.05. The number of hydrogen-bond acceptors (Lipinski definition) is 3. The molecule has 0 unspecified atom stereocenters. The summed E-state index contributed by atoms with van der Waals surface area (Å²) >= 11 is 0. The maximum atomic E-state index is 5.68. The number of hydrogen-bond donors (Lipinski definition) is 3. The lowest BCUT2D eigenvalue weighted by Gasteiger charge is -1.97. The fourth-order valence-corrected chi connectivity index (χ4v) is 1.62. The second kappa shape index (κ2) is 2.84. The summed E-state index contributed by atoms with van der Waals surface area (Å²) in [7, 11) is 0. The number of rotatable bonds is 1. The lowest BCUT2D eigenvalue weighted by atomic mass is 10.1. The third-order valence-electron chi connectivity index (χ3n) is 2.40. The first-order valence-electron chi connectivity index (χ1n) is 4.57. The van der Waals surface area contributed by atoms with Crippen molar-refractivity contribution in [1.29, 1.82) is 0 Å². The summed E-state index contributed by atoms with van der Waals surface area (Å²) in [6.07, 6.45) is 3.43. The molecule has 5 heteroatoms. The van der Waals surface area contributed by atoms with Gasteiger partial charge in [0.1, 0.15) is 0 Å². The van der Waals surface area contributed by atoms with E-state index in [0.29, 0.717) is 5.82 Å². The molecular weight excluding hydrogens is 190 g/mol. The Morgan fingerprint density at radius 3 is 3.00 bits per heavy atom. The number of nitrogens with zero attached hydrogens (tertiary/aromatic N) is 2. The molecule has 0 aliphatic carbocycles. The van der Waals surface area contributed by atoms with E-state index in [9.17, 15) is 0 Å². The van der Waals surface area contributed by atoms with Gasteiger partial charge in [-0.25, -0.2) is 4.98 Å². The second-order valence-corrected chi connectivity index (χ2v) is 3.33. The average molecular weight is 199 g/mol. The minimum absolute atomic E-state index is 0.529. The number of H-pyrrole nitrogens is 2. The molecule has 0 aliphatic rings. The topological polar surface area (TPSA) is 83.4 Å². The number of nitrogen functional groups attached to an aromatic ring is 1. The number of fused-ring (bicyclic) bond motifs is 1. The van der Waals surface area contributed by atoms with E-state index in [1.54, 1.807) is 12.5 Å². The summed E-state index contributed by atoms with van der Waals surface area (Å²) in [5.41, 5.74) is 8.65. The van der Waals surface area contributed by atoms with Crippen molar-refractivity contribution in [1.82, 2.24) is 20.2 Å². The Kier molecular flexibility index (Phi) is 1.53. The molecule has 0 atom stereocenters. The smallest absolute Gasteiger partial charge is 0.153 e. The Labute approximate surface area is 85.3 Å². The molecule has 0 saturated heterocycles. The van der Waals surface area contributed by atoms with E-state index in [0.717, 1.165) is 22.2 Å². The third-order valence-corrected chi connectivity index (χ3v) is 2.40. The zero-order chi connectivity index (χ0) is 10.3. The normalized spacial score (nSPS) is 10.9. The van der Waals surface area contributed by atoms with Gasteiger partial charge in [-0.3, -0.25) is 5.10 Å². The molecular formula is C10H9N5. The van der Waals surface area contributed by atoms with Crippen molar-refractivity contribution in [3.63, 3.8) is 0 Å². The van der Waals surface area contributed by atoms with Crippen LogP contribution >= 0.6 is 0 Å². The molecule has 2 aromatic heterocycles. The van der Waals surface area contributed by atoms with E-state index in [2.05, 4.69) is 20.2 Å². The molecule has 3 rings (SSSR count). The predicted molar refractivity (Wildman–Crippen MR) is 58.1 cm³/mol. The highest BCUT2D eigenvalue weighted by Crippen LogP contribution is 2.23. The van der Waals surface area contributed by atoms with Gasteiger partial charge in [0, 0.05) is 10.9 Å². The average Bonchev–Trinajstić information content (AvgIpc) is 2.88. The van der Waals surface area contributed by atoms with Crippen LogP contribution in [0.15, 0.2) is 30.7 Å².